The maximum atomic E-state index is 11.8. The van der Waals surface area contributed by atoms with Crippen molar-refractivity contribution < 1.29 is 39.0 Å². The monoisotopic (exact) mass is 514 g/mol. The van der Waals surface area contributed by atoms with Crippen LogP contribution in [0.3, 0.4) is 0 Å². The number of ether oxygens (including phenoxy) is 5. The predicted molar refractivity (Wildman–Crippen MR) is 132 cm³/mol. The first-order chi connectivity index (χ1) is 17.8. The smallest absolute Gasteiger partial charge is 0.231 e. The van der Waals surface area contributed by atoms with Crippen molar-refractivity contribution in [3.63, 3.8) is 0 Å². The van der Waals surface area contributed by atoms with Gasteiger partial charge in [-0.05, 0) is 44.9 Å². The van der Waals surface area contributed by atoms with Crippen molar-refractivity contribution in [1.82, 2.24) is 9.80 Å². The second-order valence-electron chi connectivity index (χ2n) is 10.3. The fraction of sp³-hybridized carbons (Fsp3) is 0.556. The highest BCUT2D eigenvalue weighted by Gasteiger charge is 2.56. The maximum absolute atomic E-state index is 11.8. The van der Waals surface area contributed by atoms with Crippen molar-refractivity contribution in [3.8, 4) is 28.7 Å². The molecule has 200 valence electrons. The van der Waals surface area contributed by atoms with Gasteiger partial charge in [0.25, 0.3) is 0 Å². The van der Waals surface area contributed by atoms with E-state index >= 15 is 0 Å². The number of methoxy groups -OCH3 is 2. The molecule has 0 spiro atoms. The average molecular weight is 515 g/mol. The van der Waals surface area contributed by atoms with Crippen LogP contribution >= 0.6 is 0 Å². The van der Waals surface area contributed by atoms with Crippen molar-refractivity contribution in [2.75, 3.05) is 41.5 Å². The van der Waals surface area contributed by atoms with E-state index in [1.165, 1.54) is 0 Å². The van der Waals surface area contributed by atoms with Crippen LogP contribution in [0.5, 0.6) is 28.7 Å². The third-order valence-electron chi connectivity index (χ3n) is 8.60. The topological polar surface area (TPSA) is 113 Å². The number of phenolic OH excluding ortho intramolecular Hbond substituents is 1. The Labute approximate surface area is 215 Å². The normalized spacial score (nSPS) is 27.9. The fourth-order valence-electron chi connectivity index (χ4n) is 7.07. The number of piperazine rings is 1. The highest BCUT2D eigenvalue weighted by atomic mass is 16.7. The van der Waals surface area contributed by atoms with Crippen molar-refractivity contribution >= 4 is 0 Å². The van der Waals surface area contributed by atoms with E-state index in [2.05, 4.69) is 11.0 Å². The molecule has 4 heterocycles. The molecule has 10 nitrogen and oxygen atoms in total. The van der Waals surface area contributed by atoms with E-state index in [1.807, 2.05) is 25.8 Å². The van der Waals surface area contributed by atoms with Gasteiger partial charge in [0, 0.05) is 35.4 Å². The molecular weight excluding hydrogens is 480 g/mol. The summed E-state index contributed by atoms with van der Waals surface area (Å²) in [6.45, 7) is 3.66. The summed E-state index contributed by atoms with van der Waals surface area (Å²) in [7, 11) is 5.22. The molecule has 2 bridgehead atoms. The lowest BCUT2D eigenvalue weighted by molar-refractivity contribution is -0.177. The van der Waals surface area contributed by atoms with Crippen LogP contribution in [0.15, 0.2) is 6.07 Å². The number of nitrogens with zero attached hydrogens (tertiary/aromatic N) is 2. The largest absolute Gasteiger partial charge is 0.507 e. The Kier molecular flexibility index (Phi) is 5.92. The summed E-state index contributed by atoms with van der Waals surface area (Å²) >= 11 is 0. The van der Waals surface area contributed by atoms with Crippen molar-refractivity contribution in [3.05, 3.63) is 39.4 Å². The van der Waals surface area contributed by atoms with Crippen molar-refractivity contribution in [2.24, 2.45) is 0 Å². The van der Waals surface area contributed by atoms with Crippen LogP contribution in [0.1, 0.15) is 45.5 Å². The Morgan fingerprint density at radius 3 is 2.51 bits per heavy atom. The molecule has 6 rings (SSSR count). The van der Waals surface area contributed by atoms with Gasteiger partial charge in [-0.3, -0.25) is 9.80 Å². The number of aromatic hydroxyl groups is 1. The van der Waals surface area contributed by atoms with Crippen molar-refractivity contribution in [2.45, 2.75) is 57.1 Å². The molecule has 3 N–H and O–H groups in total. The summed E-state index contributed by atoms with van der Waals surface area (Å²) in [5, 5.41) is 33.7. The van der Waals surface area contributed by atoms with Crippen LogP contribution in [0, 0.1) is 13.8 Å². The Bertz CT molecular complexity index is 1250. The van der Waals surface area contributed by atoms with Gasteiger partial charge in [0.15, 0.2) is 29.8 Å². The summed E-state index contributed by atoms with van der Waals surface area (Å²) in [6, 6.07) is 0.843. The molecule has 0 aliphatic carbocycles. The standard InChI is InChI=1S/C27H34N2O8/c1-12-6-14-7-17-27(32)29-16(21(28(17)3)19(14)25(23(12)34-5)35-10-33-4)8-15-20(18(29)9-30)26-24(36-11-37-26)13(2)22(15)31/h6,16-18,21,27,30-32H,7-11H2,1-5H3/t16-,17?,18-,21?,27-/m0/s1. The molecule has 4 aliphatic rings. The number of likely N-dealkylation sites (N-methyl/N-ethyl adjacent to an activating group) is 1. The van der Waals surface area contributed by atoms with Gasteiger partial charge in [-0.2, -0.15) is 0 Å². The van der Waals surface area contributed by atoms with E-state index in [9.17, 15) is 15.3 Å². The van der Waals surface area contributed by atoms with Gasteiger partial charge in [0.05, 0.1) is 31.8 Å². The van der Waals surface area contributed by atoms with Gasteiger partial charge in [-0.1, -0.05) is 6.07 Å². The van der Waals surface area contributed by atoms with Crippen LogP contribution in [0.25, 0.3) is 0 Å². The minimum atomic E-state index is -0.850. The third kappa shape index (κ3) is 3.29. The minimum absolute atomic E-state index is 0.0525. The lowest BCUT2D eigenvalue weighted by atomic mass is 9.73. The number of phenols is 1. The first-order valence-corrected chi connectivity index (χ1v) is 12.6. The fourth-order valence-corrected chi connectivity index (χ4v) is 7.07. The summed E-state index contributed by atoms with van der Waals surface area (Å²) in [5.74, 6) is 2.46. The first-order valence-electron chi connectivity index (χ1n) is 12.6. The molecule has 0 radical (unpaired) electrons. The Hall–Kier alpha value is -2.76. The second-order valence-corrected chi connectivity index (χ2v) is 10.3. The average Bonchev–Trinajstić information content (AvgIpc) is 3.38. The minimum Gasteiger partial charge on any atom is -0.507 e. The van der Waals surface area contributed by atoms with Crippen LogP contribution in [-0.2, 0) is 17.6 Å². The van der Waals surface area contributed by atoms with Crippen LogP contribution in [-0.4, -0.2) is 84.9 Å². The molecule has 37 heavy (non-hydrogen) atoms. The number of aryl methyl sites for hydroxylation is 1. The zero-order chi connectivity index (χ0) is 26.2. The molecule has 10 heteroatoms. The maximum Gasteiger partial charge on any atom is 0.231 e. The van der Waals surface area contributed by atoms with E-state index in [1.54, 1.807) is 14.2 Å². The molecule has 1 fully saturated rings. The lowest BCUT2D eigenvalue weighted by Crippen LogP contribution is -2.68. The zero-order valence-corrected chi connectivity index (χ0v) is 21.8. The van der Waals surface area contributed by atoms with E-state index in [4.69, 9.17) is 23.7 Å². The molecule has 0 saturated carbocycles. The number of benzene rings is 2. The number of hydrogen-bond acceptors (Lipinski definition) is 10. The van der Waals surface area contributed by atoms with Gasteiger partial charge < -0.3 is 39.0 Å². The molecule has 2 aromatic rings. The van der Waals surface area contributed by atoms with E-state index in [-0.39, 0.29) is 44.1 Å². The van der Waals surface area contributed by atoms with E-state index < -0.39 is 12.3 Å². The third-order valence-corrected chi connectivity index (χ3v) is 8.60. The number of rotatable bonds is 5. The van der Waals surface area contributed by atoms with Gasteiger partial charge in [0.2, 0.25) is 6.79 Å². The molecule has 5 atom stereocenters. The number of fused-ring (bicyclic) bond motifs is 9. The van der Waals surface area contributed by atoms with Crippen LogP contribution in [0.2, 0.25) is 0 Å². The van der Waals surface area contributed by atoms with E-state index in [0.717, 1.165) is 16.7 Å². The molecular formula is C27H34N2O8. The van der Waals surface area contributed by atoms with Crippen molar-refractivity contribution in [1.29, 1.82) is 0 Å². The number of hydrogen-bond donors (Lipinski definition) is 3. The van der Waals surface area contributed by atoms with Crippen LogP contribution < -0.4 is 18.9 Å². The number of aliphatic hydroxyl groups excluding tert-OH is 2. The quantitative estimate of drug-likeness (QED) is 0.512. The molecule has 2 aromatic carbocycles. The highest BCUT2D eigenvalue weighted by molar-refractivity contribution is 5.66. The SMILES string of the molecule is COCOc1c(OC)c(C)cc2c1C1[C@@H]3Cc4c(O)c(C)c5c(c4[C@H](CO)N3[C@@H](O)C(C2)N1C)OCO5. The molecule has 0 aromatic heterocycles. The van der Waals surface area contributed by atoms with Crippen LogP contribution in [0.4, 0.5) is 0 Å². The van der Waals surface area contributed by atoms with Gasteiger partial charge >= 0.3 is 0 Å². The summed E-state index contributed by atoms with van der Waals surface area (Å²) in [6.07, 6.45) is 0.188. The number of aliphatic hydroxyl groups is 2. The molecule has 1 saturated heterocycles. The van der Waals surface area contributed by atoms with Gasteiger partial charge in [-0.25, -0.2) is 0 Å². The highest BCUT2D eigenvalue weighted by Crippen LogP contribution is 2.58. The summed E-state index contributed by atoms with van der Waals surface area (Å²) in [4.78, 5) is 4.18. The summed E-state index contributed by atoms with van der Waals surface area (Å²) in [5.41, 5.74) is 5.04. The Morgan fingerprint density at radius 2 is 1.81 bits per heavy atom. The second kappa shape index (κ2) is 8.92. The lowest BCUT2D eigenvalue weighted by Gasteiger charge is -2.60. The zero-order valence-electron chi connectivity index (χ0n) is 21.8. The molecule has 4 aliphatic heterocycles. The molecule has 2 unspecified atom stereocenters. The van der Waals surface area contributed by atoms with Gasteiger partial charge in [0.1, 0.15) is 12.0 Å². The first kappa shape index (κ1) is 24.6. The summed E-state index contributed by atoms with van der Waals surface area (Å²) < 4.78 is 28.7. The predicted octanol–water partition coefficient (Wildman–Crippen LogP) is 1.92. The Balaban J connectivity index is 1.57. The van der Waals surface area contributed by atoms with Gasteiger partial charge in [-0.15, -0.1) is 0 Å². The Morgan fingerprint density at radius 1 is 1.05 bits per heavy atom. The molecule has 0 amide bonds. The van der Waals surface area contributed by atoms with E-state index in [0.29, 0.717) is 52.5 Å².